The van der Waals surface area contributed by atoms with Crippen molar-refractivity contribution in [3.05, 3.63) is 24.0 Å². The van der Waals surface area contributed by atoms with Gasteiger partial charge in [0.25, 0.3) is 0 Å². The fourth-order valence-electron chi connectivity index (χ4n) is 2.70. The lowest BCUT2D eigenvalue weighted by molar-refractivity contribution is 0.285. The number of rotatable bonds is 4. The van der Waals surface area contributed by atoms with Crippen LogP contribution in [0.15, 0.2) is 18.5 Å². The van der Waals surface area contributed by atoms with Crippen LogP contribution in [0.25, 0.3) is 0 Å². The summed E-state index contributed by atoms with van der Waals surface area (Å²) in [5, 5.41) is 0. The van der Waals surface area contributed by atoms with Gasteiger partial charge in [0.2, 0.25) is 0 Å². The fourth-order valence-corrected chi connectivity index (χ4v) is 2.91. The lowest BCUT2D eigenvalue weighted by atomic mass is 9.96. The topological polar surface area (TPSA) is 19.4 Å². The summed E-state index contributed by atoms with van der Waals surface area (Å²) in [6, 6.07) is 2.09. The van der Waals surface area contributed by atoms with Crippen LogP contribution in [0.4, 0.5) is 5.69 Å². The first-order chi connectivity index (χ1) is 8.70. The van der Waals surface area contributed by atoms with E-state index in [0.717, 1.165) is 24.6 Å². The molecule has 0 bridgehead atoms. The summed E-state index contributed by atoms with van der Waals surface area (Å²) in [5.41, 5.74) is 2.41. The third kappa shape index (κ3) is 3.36. The average Bonchev–Trinajstić information content (AvgIpc) is 2.39. The highest BCUT2D eigenvalue weighted by Gasteiger charge is 2.21. The molecule has 0 atom stereocenters. The van der Waals surface area contributed by atoms with Crippen molar-refractivity contribution in [2.24, 2.45) is 5.92 Å². The first-order valence-corrected chi connectivity index (χ1v) is 7.12. The predicted molar refractivity (Wildman–Crippen MR) is 77.3 cm³/mol. The zero-order chi connectivity index (χ0) is 13.0. The number of halogens is 1. The maximum Gasteiger partial charge on any atom is 0.0509 e. The molecule has 0 spiro atoms. The zero-order valence-electron chi connectivity index (χ0n) is 11.3. The predicted octanol–water partition coefficient (Wildman–Crippen LogP) is 2.60. The van der Waals surface area contributed by atoms with Crippen LogP contribution in [-0.2, 0) is 5.88 Å². The van der Waals surface area contributed by atoms with Crippen molar-refractivity contribution >= 4 is 17.3 Å². The van der Waals surface area contributed by atoms with Crippen molar-refractivity contribution in [3.63, 3.8) is 0 Å². The molecule has 0 radical (unpaired) electrons. The van der Waals surface area contributed by atoms with Gasteiger partial charge in [0.1, 0.15) is 0 Å². The largest absolute Gasteiger partial charge is 0.371 e. The minimum absolute atomic E-state index is 0.542. The summed E-state index contributed by atoms with van der Waals surface area (Å²) in [6.45, 7) is 3.46. The van der Waals surface area contributed by atoms with E-state index < -0.39 is 0 Å². The number of alkyl halides is 1. The Morgan fingerprint density at radius 2 is 2.11 bits per heavy atom. The molecule has 1 fully saturated rings. The van der Waals surface area contributed by atoms with Crippen molar-refractivity contribution in [3.8, 4) is 0 Å². The minimum Gasteiger partial charge on any atom is -0.371 e. The van der Waals surface area contributed by atoms with E-state index in [2.05, 4.69) is 34.9 Å². The Morgan fingerprint density at radius 1 is 1.39 bits per heavy atom. The lowest BCUT2D eigenvalue weighted by Gasteiger charge is -2.35. The highest BCUT2D eigenvalue weighted by molar-refractivity contribution is 6.17. The molecule has 18 heavy (non-hydrogen) atoms. The lowest BCUT2D eigenvalue weighted by Crippen LogP contribution is -2.37. The normalized spacial score (nSPS) is 17.4. The molecule has 1 aliphatic heterocycles. The molecular weight excluding hydrogens is 246 g/mol. The third-order valence-corrected chi connectivity index (χ3v) is 3.89. The first-order valence-electron chi connectivity index (χ1n) is 6.59. The van der Waals surface area contributed by atoms with Gasteiger partial charge in [-0.15, -0.1) is 11.6 Å². The van der Waals surface area contributed by atoms with Gasteiger partial charge in [-0.3, -0.25) is 4.98 Å². The maximum absolute atomic E-state index is 5.98. The Labute approximate surface area is 115 Å². The summed E-state index contributed by atoms with van der Waals surface area (Å²) in [6.07, 6.45) is 6.27. The molecule has 1 aromatic heterocycles. The molecule has 0 unspecified atom stereocenters. The molecule has 0 aromatic carbocycles. The van der Waals surface area contributed by atoms with E-state index in [0.29, 0.717) is 5.88 Å². The molecule has 4 heteroatoms. The first kappa shape index (κ1) is 13.6. The fraction of sp³-hybridized carbons (Fsp3) is 0.643. The van der Waals surface area contributed by atoms with E-state index in [4.69, 9.17) is 11.6 Å². The highest BCUT2D eigenvalue weighted by Crippen LogP contribution is 2.26. The summed E-state index contributed by atoms with van der Waals surface area (Å²) in [7, 11) is 4.31. The molecule has 1 aliphatic rings. The SMILES string of the molecule is CN(C)CC1CCN(c2ccncc2CCl)CC1. The summed E-state index contributed by atoms with van der Waals surface area (Å²) in [4.78, 5) is 8.89. The van der Waals surface area contributed by atoms with E-state index in [1.807, 2.05) is 12.4 Å². The standard InChI is InChI=1S/C14H22ClN3/c1-17(2)11-12-4-7-18(8-5-12)14-3-6-16-10-13(14)9-15/h3,6,10,12H,4-5,7-9,11H2,1-2H3. The molecule has 0 N–H and O–H groups in total. The number of pyridine rings is 1. The Balaban J connectivity index is 1.97. The highest BCUT2D eigenvalue weighted by atomic mass is 35.5. The second kappa shape index (κ2) is 6.39. The Morgan fingerprint density at radius 3 is 2.72 bits per heavy atom. The zero-order valence-corrected chi connectivity index (χ0v) is 12.0. The smallest absolute Gasteiger partial charge is 0.0509 e. The molecule has 3 nitrogen and oxygen atoms in total. The molecule has 2 rings (SSSR count). The van der Waals surface area contributed by atoms with Crippen LogP contribution in [0.2, 0.25) is 0 Å². The molecule has 0 aliphatic carbocycles. The van der Waals surface area contributed by atoms with Gasteiger partial charge in [-0.1, -0.05) is 0 Å². The summed E-state index contributed by atoms with van der Waals surface area (Å²) < 4.78 is 0. The maximum atomic E-state index is 5.98. The van der Waals surface area contributed by atoms with Gasteiger partial charge in [-0.2, -0.15) is 0 Å². The second-order valence-corrected chi connectivity index (χ2v) is 5.60. The van der Waals surface area contributed by atoms with Crippen LogP contribution in [-0.4, -0.2) is 43.6 Å². The van der Waals surface area contributed by atoms with Gasteiger partial charge in [-0.05, 0) is 38.9 Å². The number of hydrogen-bond donors (Lipinski definition) is 0. The summed E-state index contributed by atoms with van der Waals surface area (Å²) >= 11 is 5.98. The molecule has 1 aromatic rings. The third-order valence-electron chi connectivity index (χ3n) is 3.60. The van der Waals surface area contributed by atoms with E-state index in [1.165, 1.54) is 25.1 Å². The number of piperidine rings is 1. The van der Waals surface area contributed by atoms with E-state index in [-0.39, 0.29) is 0 Å². The Hall–Kier alpha value is -0.800. The van der Waals surface area contributed by atoms with Crippen LogP contribution < -0.4 is 4.90 Å². The van der Waals surface area contributed by atoms with E-state index >= 15 is 0 Å². The van der Waals surface area contributed by atoms with Gasteiger partial charge in [0, 0.05) is 43.3 Å². The second-order valence-electron chi connectivity index (χ2n) is 5.33. The van der Waals surface area contributed by atoms with Crippen LogP contribution in [0.5, 0.6) is 0 Å². The monoisotopic (exact) mass is 267 g/mol. The number of nitrogens with zero attached hydrogens (tertiary/aromatic N) is 3. The van der Waals surface area contributed by atoms with Crippen molar-refractivity contribution in [2.75, 3.05) is 38.6 Å². The van der Waals surface area contributed by atoms with Gasteiger partial charge < -0.3 is 9.80 Å². The van der Waals surface area contributed by atoms with Gasteiger partial charge in [-0.25, -0.2) is 0 Å². The summed E-state index contributed by atoms with van der Waals surface area (Å²) in [5.74, 6) is 1.37. The number of aromatic nitrogens is 1. The Bertz CT molecular complexity index is 373. The molecule has 100 valence electrons. The van der Waals surface area contributed by atoms with E-state index in [1.54, 1.807) is 0 Å². The van der Waals surface area contributed by atoms with E-state index in [9.17, 15) is 0 Å². The molecular formula is C14H22ClN3. The van der Waals surface area contributed by atoms with Crippen LogP contribution >= 0.6 is 11.6 Å². The van der Waals surface area contributed by atoms with Crippen molar-refractivity contribution in [1.29, 1.82) is 0 Å². The van der Waals surface area contributed by atoms with Crippen molar-refractivity contribution in [1.82, 2.24) is 9.88 Å². The van der Waals surface area contributed by atoms with Crippen LogP contribution in [0, 0.1) is 5.92 Å². The molecule has 0 saturated carbocycles. The van der Waals surface area contributed by atoms with Gasteiger partial charge in [0.15, 0.2) is 0 Å². The molecule has 0 amide bonds. The molecule has 1 saturated heterocycles. The van der Waals surface area contributed by atoms with Crippen LogP contribution in [0.1, 0.15) is 18.4 Å². The number of hydrogen-bond acceptors (Lipinski definition) is 3. The van der Waals surface area contributed by atoms with Crippen molar-refractivity contribution in [2.45, 2.75) is 18.7 Å². The van der Waals surface area contributed by atoms with Crippen molar-refractivity contribution < 1.29 is 0 Å². The van der Waals surface area contributed by atoms with Crippen LogP contribution in [0.3, 0.4) is 0 Å². The molecule has 2 heterocycles. The van der Waals surface area contributed by atoms with Gasteiger partial charge >= 0.3 is 0 Å². The quantitative estimate of drug-likeness (QED) is 0.782. The minimum atomic E-state index is 0.542. The Kier molecular flexibility index (Phi) is 4.84. The average molecular weight is 268 g/mol. The van der Waals surface area contributed by atoms with Gasteiger partial charge in [0.05, 0.1) is 5.88 Å². The number of anilines is 1.